The molecular weight excluding hydrogens is 281 g/mol. The number of nitrogens with one attached hydrogen (secondary N) is 1. The largest absolute Gasteiger partial charge is 0.339 e. The van der Waals surface area contributed by atoms with Crippen LogP contribution in [0, 0.1) is 5.82 Å². The maximum Gasteiger partial charge on any atom is 0.229 e. The van der Waals surface area contributed by atoms with E-state index in [1.165, 1.54) is 6.07 Å². The van der Waals surface area contributed by atoms with Crippen LogP contribution in [-0.4, -0.2) is 23.2 Å². The monoisotopic (exact) mass is 295 g/mol. The minimum absolute atomic E-state index is 0.115. The van der Waals surface area contributed by atoms with Gasteiger partial charge in [-0.05, 0) is 37.6 Å². The van der Waals surface area contributed by atoms with Crippen molar-refractivity contribution in [3.8, 4) is 0 Å². The lowest BCUT2D eigenvalue weighted by Gasteiger charge is -2.18. The smallest absolute Gasteiger partial charge is 0.229 e. The number of aromatic nitrogens is 2. The highest BCUT2D eigenvalue weighted by atomic mass is 35.5. The molecule has 1 N–H and O–H groups in total. The molecule has 0 atom stereocenters. The molecule has 0 spiro atoms. The first-order valence-electron chi connectivity index (χ1n) is 6.70. The molecule has 3 rings (SSSR count). The van der Waals surface area contributed by atoms with Gasteiger partial charge >= 0.3 is 0 Å². The van der Waals surface area contributed by atoms with Crippen molar-refractivity contribution in [3.63, 3.8) is 0 Å². The third kappa shape index (κ3) is 2.83. The van der Waals surface area contributed by atoms with Crippen LogP contribution in [0.25, 0.3) is 0 Å². The van der Waals surface area contributed by atoms with E-state index >= 15 is 0 Å². The lowest BCUT2D eigenvalue weighted by molar-refractivity contribution is 0.318. The van der Waals surface area contributed by atoms with Gasteiger partial charge in [0.2, 0.25) is 5.89 Å². The van der Waals surface area contributed by atoms with Crippen molar-refractivity contribution in [1.82, 2.24) is 15.5 Å². The molecule has 1 aromatic heterocycles. The Kier molecular flexibility index (Phi) is 3.98. The van der Waals surface area contributed by atoms with Crippen LogP contribution in [0.1, 0.15) is 36.0 Å². The average Bonchev–Trinajstić information content (AvgIpc) is 2.93. The quantitative estimate of drug-likeness (QED) is 0.946. The Labute approximate surface area is 121 Å². The van der Waals surface area contributed by atoms with Crippen LogP contribution in [0.3, 0.4) is 0 Å². The zero-order valence-corrected chi connectivity index (χ0v) is 11.7. The second-order valence-electron chi connectivity index (χ2n) is 4.96. The summed E-state index contributed by atoms with van der Waals surface area (Å²) in [4.78, 5) is 4.38. The average molecular weight is 296 g/mol. The standard InChI is InChI=1S/C14H15ClFN3O/c15-11-3-1-2-10(13(11)16)8-12-18-14(20-19-12)9-4-6-17-7-5-9/h1-3,9,17H,4-8H2. The third-order valence-electron chi connectivity index (χ3n) is 3.55. The summed E-state index contributed by atoms with van der Waals surface area (Å²) < 4.78 is 19.1. The number of piperidine rings is 1. The molecule has 0 amide bonds. The van der Waals surface area contributed by atoms with Crippen molar-refractivity contribution in [2.45, 2.75) is 25.2 Å². The highest BCUT2D eigenvalue weighted by Gasteiger charge is 2.21. The van der Waals surface area contributed by atoms with E-state index in [0.29, 0.717) is 29.6 Å². The van der Waals surface area contributed by atoms with Crippen molar-refractivity contribution >= 4 is 11.6 Å². The fraction of sp³-hybridized carbons (Fsp3) is 0.429. The van der Waals surface area contributed by atoms with Gasteiger partial charge in [0.1, 0.15) is 5.82 Å². The lowest BCUT2D eigenvalue weighted by atomic mass is 9.98. The molecule has 2 heterocycles. The van der Waals surface area contributed by atoms with Gasteiger partial charge < -0.3 is 9.84 Å². The number of nitrogens with zero attached hydrogens (tertiary/aromatic N) is 2. The molecule has 4 nitrogen and oxygen atoms in total. The van der Waals surface area contributed by atoms with Crippen LogP contribution in [0.5, 0.6) is 0 Å². The van der Waals surface area contributed by atoms with Crippen LogP contribution in [0.15, 0.2) is 22.7 Å². The summed E-state index contributed by atoms with van der Waals surface area (Å²) in [6.45, 7) is 1.93. The van der Waals surface area contributed by atoms with Crippen LogP contribution >= 0.6 is 11.6 Å². The van der Waals surface area contributed by atoms with Crippen LogP contribution < -0.4 is 5.32 Å². The van der Waals surface area contributed by atoms with Crippen LogP contribution in [0.4, 0.5) is 4.39 Å². The predicted octanol–water partition coefficient (Wildman–Crippen LogP) is 2.92. The maximum absolute atomic E-state index is 13.8. The Hall–Kier alpha value is -1.46. The molecule has 1 aliphatic rings. The molecule has 20 heavy (non-hydrogen) atoms. The Balaban J connectivity index is 1.75. The Bertz CT molecular complexity index is 596. The Morgan fingerprint density at radius 1 is 1.35 bits per heavy atom. The Morgan fingerprint density at radius 3 is 2.95 bits per heavy atom. The van der Waals surface area contributed by atoms with E-state index in [-0.39, 0.29) is 5.02 Å². The first kappa shape index (κ1) is 13.5. The number of halogens is 2. The second kappa shape index (κ2) is 5.89. The molecule has 2 aromatic rings. The first-order chi connectivity index (χ1) is 9.74. The highest BCUT2D eigenvalue weighted by Crippen LogP contribution is 2.24. The van der Waals surface area contributed by atoms with E-state index in [0.717, 1.165) is 25.9 Å². The Morgan fingerprint density at radius 2 is 2.15 bits per heavy atom. The van der Waals surface area contributed by atoms with E-state index < -0.39 is 5.82 Å². The topological polar surface area (TPSA) is 51.0 Å². The molecular formula is C14H15ClFN3O. The molecule has 0 unspecified atom stereocenters. The maximum atomic E-state index is 13.8. The minimum Gasteiger partial charge on any atom is -0.339 e. The molecule has 0 saturated carbocycles. The van der Waals surface area contributed by atoms with Crippen molar-refractivity contribution in [1.29, 1.82) is 0 Å². The lowest BCUT2D eigenvalue weighted by Crippen LogP contribution is -2.26. The van der Waals surface area contributed by atoms with Gasteiger partial charge in [-0.1, -0.05) is 28.9 Å². The van der Waals surface area contributed by atoms with Crippen molar-refractivity contribution < 1.29 is 8.91 Å². The minimum atomic E-state index is -0.414. The fourth-order valence-electron chi connectivity index (χ4n) is 2.43. The fourth-order valence-corrected chi connectivity index (χ4v) is 2.62. The molecule has 1 saturated heterocycles. The van der Waals surface area contributed by atoms with E-state index in [4.69, 9.17) is 16.1 Å². The van der Waals surface area contributed by atoms with Gasteiger partial charge in [-0.25, -0.2) is 4.39 Å². The summed E-state index contributed by atoms with van der Waals surface area (Å²) in [6.07, 6.45) is 2.28. The van der Waals surface area contributed by atoms with Crippen molar-refractivity contribution in [2.75, 3.05) is 13.1 Å². The predicted molar refractivity (Wildman–Crippen MR) is 73.4 cm³/mol. The summed E-state index contributed by atoms with van der Waals surface area (Å²) in [5.74, 6) is 1.05. The first-order valence-corrected chi connectivity index (χ1v) is 7.08. The van der Waals surface area contributed by atoms with E-state index in [1.54, 1.807) is 12.1 Å². The molecule has 1 aliphatic heterocycles. The zero-order chi connectivity index (χ0) is 13.9. The molecule has 106 valence electrons. The number of hydrogen-bond donors (Lipinski definition) is 1. The van der Waals surface area contributed by atoms with Gasteiger partial charge in [-0.15, -0.1) is 0 Å². The van der Waals surface area contributed by atoms with Crippen LogP contribution in [0.2, 0.25) is 5.02 Å². The van der Waals surface area contributed by atoms with Gasteiger partial charge in [0.15, 0.2) is 5.82 Å². The second-order valence-corrected chi connectivity index (χ2v) is 5.37. The number of rotatable bonds is 3. The van der Waals surface area contributed by atoms with Crippen molar-refractivity contribution in [2.24, 2.45) is 0 Å². The van der Waals surface area contributed by atoms with E-state index in [1.807, 2.05) is 0 Å². The SMILES string of the molecule is Fc1c(Cl)cccc1Cc1noc(C2CCNCC2)n1. The van der Waals surface area contributed by atoms with Crippen LogP contribution in [-0.2, 0) is 6.42 Å². The molecule has 6 heteroatoms. The zero-order valence-electron chi connectivity index (χ0n) is 10.9. The molecule has 0 bridgehead atoms. The van der Waals surface area contributed by atoms with Gasteiger partial charge in [-0.2, -0.15) is 4.98 Å². The van der Waals surface area contributed by atoms with E-state index in [9.17, 15) is 4.39 Å². The summed E-state index contributed by atoms with van der Waals surface area (Å²) in [5, 5.41) is 7.35. The van der Waals surface area contributed by atoms with Crippen molar-refractivity contribution in [3.05, 3.63) is 46.3 Å². The number of benzene rings is 1. The molecule has 1 aromatic carbocycles. The van der Waals surface area contributed by atoms with Gasteiger partial charge in [0, 0.05) is 12.3 Å². The number of hydrogen-bond acceptors (Lipinski definition) is 4. The highest BCUT2D eigenvalue weighted by molar-refractivity contribution is 6.30. The summed E-state index contributed by atoms with van der Waals surface area (Å²) in [7, 11) is 0. The normalized spacial score (nSPS) is 16.5. The summed E-state index contributed by atoms with van der Waals surface area (Å²) >= 11 is 5.76. The third-order valence-corrected chi connectivity index (χ3v) is 3.84. The van der Waals surface area contributed by atoms with Gasteiger partial charge in [0.25, 0.3) is 0 Å². The van der Waals surface area contributed by atoms with Gasteiger partial charge in [-0.3, -0.25) is 0 Å². The molecule has 1 fully saturated rings. The summed E-state index contributed by atoms with van der Waals surface area (Å²) in [5.41, 5.74) is 0.482. The van der Waals surface area contributed by atoms with E-state index in [2.05, 4.69) is 15.5 Å². The molecule has 0 aliphatic carbocycles. The summed E-state index contributed by atoms with van der Waals surface area (Å²) in [6, 6.07) is 4.92. The molecule has 0 radical (unpaired) electrons. The van der Waals surface area contributed by atoms with Gasteiger partial charge in [0.05, 0.1) is 5.02 Å².